The van der Waals surface area contributed by atoms with Gasteiger partial charge < -0.3 is 15.2 Å². The quantitative estimate of drug-likeness (QED) is 0.476. The maximum atomic E-state index is 12.9. The zero-order valence-electron chi connectivity index (χ0n) is 18.5. The number of imidazole rings is 1. The Labute approximate surface area is 187 Å². The Hall–Kier alpha value is -3.93. The van der Waals surface area contributed by atoms with Crippen molar-refractivity contribution in [3.8, 4) is 0 Å². The highest BCUT2D eigenvalue weighted by atomic mass is 16.2. The molecule has 2 N–H and O–H groups in total. The van der Waals surface area contributed by atoms with E-state index in [4.69, 9.17) is 0 Å². The standard InChI is InChI=1S/C26H26N4O2/c1-17-9-12-20(13-10-17)26(32)27-15-24-28-21-6-4-5-7-23(21)30(24)16-25(31)29-22-14-18(2)8-11-19(22)3/h4-14H,15-16H2,1-3H3,(H,27,32)(H,29,31). The van der Waals surface area contributed by atoms with Crippen LogP contribution in [-0.4, -0.2) is 21.4 Å². The van der Waals surface area contributed by atoms with Crippen molar-refractivity contribution in [1.29, 1.82) is 0 Å². The molecule has 0 spiro atoms. The van der Waals surface area contributed by atoms with Gasteiger partial charge in [-0.15, -0.1) is 0 Å². The molecule has 0 bridgehead atoms. The van der Waals surface area contributed by atoms with Crippen LogP contribution in [0.3, 0.4) is 0 Å². The van der Waals surface area contributed by atoms with Crippen molar-refractivity contribution in [1.82, 2.24) is 14.9 Å². The summed E-state index contributed by atoms with van der Waals surface area (Å²) in [5.41, 5.74) is 6.20. The number of carbonyl (C=O) groups is 2. The third-order valence-corrected chi connectivity index (χ3v) is 5.42. The number of rotatable bonds is 6. The minimum Gasteiger partial charge on any atom is -0.345 e. The average Bonchev–Trinajstić information content (AvgIpc) is 3.12. The number of anilines is 1. The van der Waals surface area contributed by atoms with Crippen LogP contribution in [0.5, 0.6) is 0 Å². The average molecular weight is 427 g/mol. The van der Waals surface area contributed by atoms with Gasteiger partial charge in [-0.25, -0.2) is 4.98 Å². The fraction of sp³-hybridized carbons (Fsp3) is 0.192. The van der Waals surface area contributed by atoms with Gasteiger partial charge in [0.05, 0.1) is 17.6 Å². The summed E-state index contributed by atoms with van der Waals surface area (Å²) in [7, 11) is 0. The minimum atomic E-state index is -0.177. The summed E-state index contributed by atoms with van der Waals surface area (Å²) in [6.07, 6.45) is 0. The lowest BCUT2D eigenvalue weighted by Gasteiger charge is -2.13. The van der Waals surface area contributed by atoms with Gasteiger partial charge >= 0.3 is 0 Å². The normalized spacial score (nSPS) is 10.8. The molecule has 1 aromatic heterocycles. The number of aromatic nitrogens is 2. The van der Waals surface area contributed by atoms with E-state index in [2.05, 4.69) is 15.6 Å². The number of hydrogen-bond acceptors (Lipinski definition) is 3. The van der Waals surface area contributed by atoms with E-state index in [9.17, 15) is 9.59 Å². The topological polar surface area (TPSA) is 76.0 Å². The monoisotopic (exact) mass is 426 g/mol. The first-order valence-electron chi connectivity index (χ1n) is 10.6. The molecule has 4 rings (SSSR count). The van der Waals surface area contributed by atoms with E-state index in [0.29, 0.717) is 11.4 Å². The Bertz CT molecular complexity index is 1290. The first-order chi connectivity index (χ1) is 15.4. The van der Waals surface area contributed by atoms with Crippen molar-refractivity contribution >= 4 is 28.5 Å². The molecule has 2 amide bonds. The molecule has 0 aliphatic carbocycles. The molecule has 0 saturated heterocycles. The summed E-state index contributed by atoms with van der Waals surface area (Å²) in [6, 6.07) is 21.0. The zero-order chi connectivity index (χ0) is 22.7. The van der Waals surface area contributed by atoms with Gasteiger partial charge in [0, 0.05) is 11.3 Å². The van der Waals surface area contributed by atoms with Crippen LogP contribution in [0.2, 0.25) is 0 Å². The third-order valence-electron chi connectivity index (χ3n) is 5.42. The first kappa shape index (κ1) is 21.3. The fourth-order valence-corrected chi connectivity index (χ4v) is 3.61. The van der Waals surface area contributed by atoms with Crippen LogP contribution in [-0.2, 0) is 17.9 Å². The van der Waals surface area contributed by atoms with Gasteiger partial charge in [-0.2, -0.15) is 0 Å². The van der Waals surface area contributed by atoms with Crippen LogP contribution in [0.4, 0.5) is 5.69 Å². The van der Waals surface area contributed by atoms with E-state index in [1.807, 2.05) is 79.9 Å². The second-order valence-corrected chi connectivity index (χ2v) is 8.02. The Kier molecular flexibility index (Phi) is 6.03. The van der Waals surface area contributed by atoms with E-state index in [-0.39, 0.29) is 24.9 Å². The summed E-state index contributed by atoms with van der Waals surface area (Å²) in [5, 5.41) is 5.92. The summed E-state index contributed by atoms with van der Waals surface area (Å²) in [6.45, 7) is 6.26. The van der Waals surface area contributed by atoms with Gasteiger partial charge in [0.15, 0.2) is 0 Å². The fourth-order valence-electron chi connectivity index (χ4n) is 3.61. The predicted octanol–water partition coefficient (Wildman–Crippen LogP) is 4.53. The van der Waals surface area contributed by atoms with Crippen LogP contribution in [0.25, 0.3) is 11.0 Å². The maximum Gasteiger partial charge on any atom is 0.251 e. The molecule has 0 aliphatic rings. The number of hydrogen-bond donors (Lipinski definition) is 2. The molecular weight excluding hydrogens is 400 g/mol. The lowest BCUT2D eigenvalue weighted by Crippen LogP contribution is -2.26. The van der Waals surface area contributed by atoms with Crippen LogP contribution in [0, 0.1) is 20.8 Å². The molecule has 32 heavy (non-hydrogen) atoms. The lowest BCUT2D eigenvalue weighted by molar-refractivity contribution is -0.116. The van der Waals surface area contributed by atoms with Gasteiger partial charge in [0.2, 0.25) is 5.91 Å². The van der Waals surface area contributed by atoms with Crippen LogP contribution < -0.4 is 10.6 Å². The second-order valence-electron chi connectivity index (χ2n) is 8.02. The molecular formula is C26H26N4O2. The smallest absolute Gasteiger partial charge is 0.251 e. The Morgan fingerprint density at radius 1 is 0.906 bits per heavy atom. The van der Waals surface area contributed by atoms with Gasteiger partial charge in [0.25, 0.3) is 5.91 Å². The summed E-state index contributed by atoms with van der Waals surface area (Å²) < 4.78 is 1.85. The Morgan fingerprint density at radius 3 is 2.41 bits per heavy atom. The molecule has 162 valence electrons. The Morgan fingerprint density at radius 2 is 1.62 bits per heavy atom. The molecule has 1 heterocycles. The highest BCUT2D eigenvalue weighted by Crippen LogP contribution is 2.19. The molecule has 0 aliphatic heterocycles. The lowest BCUT2D eigenvalue weighted by atomic mass is 10.1. The molecule has 0 radical (unpaired) electrons. The van der Waals surface area contributed by atoms with Crippen molar-refractivity contribution in [3.63, 3.8) is 0 Å². The van der Waals surface area contributed by atoms with Crippen LogP contribution >= 0.6 is 0 Å². The number of fused-ring (bicyclic) bond motifs is 1. The van der Waals surface area contributed by atoms with Gasteiger partial charge in [-0.3, -0.25) is 9.59 Å². The molecule has 4 aromatic rings. The van der Waals surface area contributed by atoms with E-state index < -0.39 is 0 Å². The number of carbonyl (C=O) groups excluding carboxylic acids is 2. The van der Waals surface area contributed by atoms with Gasteiger partial charge in [-0.1, -0.05) is 42.0 Å². The molecule has 0 atom stereocenters. The zero-order valence-corrected chi connectivity index (χ0v) is 18.5. The SMILES string of the molecule is Cc1ccc(C(=O)NCc2nc3ccccc3n2CC(=O)Nc2cc(C)ccc2C)cc1. The largest absolute Gasteiger partial charge is 0.345 e. The van der Waals surface area contributed by atoms with Crippen molar-refractivity contribution in [3.05, 3.63) is 94.8 Å². The number of para-hydroxylation sites is 2. The number of aryl methyl sites for hydroxylation is 3. The molecule has 3 aromatic carbocycles. The van der Waals surface area contributed by atoms with Crippen molar-refractivity contribution in [2.45, 2.75) is 33.9 Å². The summed E-state index contributed by atoms with van der Waals surface area (Å²) >= 11 is 0. The van der Waals surface area contributed by atoms with Crippen LogP contribution in [0.1, 0.15) is 32.9 Å². The number of amides is 2. The molecule has 6 nitrogen and oxygen atoms in total. The third kappa shape index (κ3) is 4.70. The highest BCUT2D eigenvalue weighted by Gasteiger charge is 2.15. The van der Waals surface area contributed by atoms with E-state index in [0.717, 1.165) is 33.4 Å². The number of benzene rings is 3. The van der Waals surface area contributed by atoms with E-state index in [1.165, 1.54) is 0 Å². The maximum absolute atomic E-state index is 12.9. The van der Waals surface area contributed by atoms with Crippen molar-refractivity contribution < 1.29 is 9.59 Å². The van der Waals surface area contributed by atoms with Crippen molar-refractivity contribution in [2.75, 3.05) is 5.32 Å². The predicted molar refractivity (Wildman–Crippen MR) is 127 cm³/mol. The molecule has 6 heteroatoms. The molecule has 0 fully saturated rings. The first-order valence-corrected chi connectivity index (χ1v) is 10.6. The van der Waals surface area contributed by atoms with Crippen molar-refractivity contribution in [2.24, 2.45) is 0 Å². The van der Waals surface area contributed by atoms with Gasteiger partial charge in [-0.05, 0) is 62.2 Å². The highest BCUT2D eigenvalue weighted by molar-refractivity contribution is 5.94. The van der Waals surface area contributed by atoms with E-state index >= 15 is 0 Å². The van der Waals surface area contributed by atoms with E-state index in [1.54, 1.807) is 12.1 Å². The van der Waals surface area contributed by atoms with Crippen LogP contribution in [0.15, 0.2) is 66.7 Å². The number of nitrogens with one attached hydrogen (secondary N) is 2. The molecule has 0 saturated carbocycles. The van der Waals surface area contributed by atoms with Gasteiger partial charge in [0.1, 0.15) is 12.4 Å². The molecule has 0 unspecified atom stereocenters. The number of nitrogens with zero attached hydrogens (tertiary/aromatic N) is 2. The Balaban J connectivity index is 1.54. The minimum absolute atomic E-state index is 0.101. The summed E-state index contributed by atoms with van der Waals surface area (Å²) in [4.78, 5) is 30.1. The second kappa shape index (κ2) is 9.06. The summed E-state index contributed by atoms with van der Waals surface area (Å²) in [5.74, 6) is 0.305.